The van der Waals surface area contributed by atoms with Gasteiger partial charge in [-0.05, 0) is 29.8 Å². The molecule has 0 aliphatic carbocycles. The lowest BCUT2D eigenvalue weighted by Gasteiger charge is -2.23. The summed E-state index contributed by atoms with van der Waals surface area (Å²) in [6, 6.07) is 16.6. The SMILES string of the molecule is COC(=O)CC(c1ccccc1)C(C)C(=O)c1ccc(OC)cc1. The van der Waals surface area contributed by atoms with Crippen LogP contribution < -0.4 is 4.74 Å². The van der Waals surface area contributed by atoms with Crippen molar-refractivity contribution in [3.05, 3.63) is 65.7 Å². The van der Waals surface area contributed by atoms with Crippen molar-refractivity contribution >= 4 is 11.8 Å². The van der Waals surface area contributed by atoms with Crippen molar-refractivity contribution in [1.29, 1.82) is 0 Å². The van der Waals surface area contributed by atoms with Gasteiger partial charge in [0.15, 0.2) is 5.78 Å². The average Bonchev–Trinajstić information content (AvgIpc) is 2.65. The second-order valence-corrected chi connectivity index (χ2v) is 5.68. The van der Waals surface area contributed by atoms with Crippen molar-refractivity contribution in [2.75, 3.05) is 14.2 Å². The summed E-state index contributed by atoms with van der Waals surface area (Å²) in [6.07, 6.45) is 0.170. The lowest BCUT2D eigenvalue weighted by molar-refractivity contribution is -0.141. The van der Waals surface area contributed by atoms with Gasteiger partial charge in [-0.3, -0.25) is 9.59 Å². The summed E-state index contributed by atoms with van der Waals surface area (Å²) in [5.41, 5.74) is 1.56. The lowest BCUT2D eigenvalue weighted by atomic mass is 9.80. The highest BCUT2D eigenvalue weighted by molar-refractivity contribution is 5.98. The number of ketones is 1. The predicted molar refractivity (Wildman–Crippen MR) is 92.3 cm³/mol. The Morgan fingerprint density at radius 3 is 2.12 bits per heavy atom. The second kappa shape index (κ2) is 8.29. The minimum Gasteiger partial charge on any atom is -0.497 e. The highest BCUT2D eigenvalue weighted by Gasteiger charge is 2.28. The van der Waals surface area contributed by atoms with Gasteiger partial charge in [-0.15, -0.1) is 0 Å². The number of rotatable bonds is 7. The maximum atomic E-state index is 12.8. The molecule has 4 heteroatoms. The van der Waals surface area contributed by atoms with E-state index in [2.05, 4.69) is 0 Å². The van der Waals surface area contributed by atoms with Crippen LogP contribution in [-0.2, 0) is 9.53 Å². The van der Waals surface area contributed by atoms with Crippen LogP contribution in [0.1, 0.15) is 35.2 Å². The van der Waals surface area contributed by atoms with Crippen LogP contribution in [-0.4, -0.2) is 26.0 Å². The smallest absolute Gasteiger partial charge is 0.306 e. The zero-order valence-corrected chi connectivity index (χ0v) is 14.2. The molecule has 0 amide bonds. The molecule has 0 spiro atoms. The number of ether oxygens (including phenoxy) is 2. The Morgan fingerprint density at radius 1 is 0.958 bits per heavy atom. The molecule has 2 rings (SSSR count). The number of Topliss-reactive ketones (excluding diaryl/α,β-unsaturated/α-hetero) is 1. The molecule has 2 atom stereocenters. The van der Waals surface area contributed by atoms with E-state index in [1.807, 2.05) is 37.3 Å². The number of methoxy groups -OCH3 is 2. The van der Waals surface area contributed by atoms with Gasteiger partial charge in [-0.1, -0.05) is 37.3 Å². The fourth-order valence-electron chi connectivity index (χ4n) is 2.75. The molecule has 0 fully saturated rings. The molecule has 0 aliphatic heterocycles. The normalized spacial score (nSPS) is 13.0. The Labute approximate surface area is 142 Å². The Hall–Kier alpha value is -2.62. The molecule has 4 nitrogen and oxygen atoms in total. The zero-order chi connectivity index (χ0) is 17.5. The first-order chi connectivity index (χ1) is 11.6. The highest BCUT2D eigenvalue weighted by atomic mass is 16.5. The molecule has 0 N–H and O–H groups in total. The molecule has 0 heterocycles. The van der Waals surface area contributed by atoms with Crippen LogP contribution in [0.2, 0.25) is 0 Å². The van der Waals surface area contributed by atoms with E-state index < -0.39 is 0 Å². The molecule has 0 saturated heterocycles. The van der Waals surface area contributed by atoms with E-state index in [9.17, 15) is 9.59 Å². The number of benzene rings is 2. The van der Waals surface area contributed by atoms with Crippen molar-refractivity contribution in [2.45, 2.75) is 19.3 Å². The summed E-state index contributed by atoms with van der Waals surface area (Å²) < 4.78 is 9.92. The van der Waals surface area contributed by atoms with Gasteiger partial charge in [0.2, 0.25) is 0 Å². The van der Waals surface area contributed by atoms with Crippen LogP contribution in [0.25, 0.3) is 0 Å². The third-order valence-corrected chi connectivity index (χ3v) is 4.23. The molecule has 126 valence electrons. The number of carbonyl (C=O) groups excluding carboxylic acids is 2. The van der Waals surface area contributed by atoms with Gasteiger partial charge in [0.1, 0.15) is 5.75 Å². The molecule has 2 aromatic carbocycles. The van der Waals surface area contributed by atoms with E-state index in [1.54, 1.807) is 31.4 Å². The number of carbonyl (C=O) groups is 2. The van der Waals surface area contributed by atoms with E-state index in [-0.39, 0.29) is 30.0 Å². The average molecular weight is 326 g/mol. The third-order valence-electron chi connectivity index (χ3n) is 4.23. The molecule has 2 unspecified atom stereocenters. The van der Waals surface area contributed by atoms with E-state index in [0.717, 1.165) is 5.56 Å². The van der Waals surface area contributed by atoms with Crippen LogP contribution in [0.3, 0.4) is 0 Å². The summed E-state index contributed by atoms with van der Waals surface area (Å²) in [4.78, 5) is 24.6. The minimum absolute atomic E-state index is 0.00425. The Kier molecular flexibility index (Phi) is 6.13. The van der Waals surface area contributed by atoms with Gasteiger partial charge < -0.3 is 9.47 Å². The predicted octanol–water partition coefficient (Wildman–Crippen LogP) is 3.86. The Bertz CT molecular complexity index is 677. The van der Waals surface area contributed by atoms with Crippen molar-refractivity contribution in [1.82, 2.24) is 0 Å². The van der Waals surface area contributed by atoms with Gasteiger partial charge in [-0.2, -0.15) is 0 Å². The Morgan fingerprint density at radius 2 is 1.58 bits per heavy atom. The highest BCUT2D eigenvalue weighted by Crippen LogP contribution is 2.31. The molecule has 0 bridgehead atoms. The van der Waals surface area contributed by atoms with Gasteiger partial charge in [0.05, 0.1) is 20.6 Å². The first-order valence-electron chi connectivity index (χ1n) is 7.86. The number of hydrogen-bond acceptors (Lipinski definition) is 4. The van der Waals surface area contributed by atoms with Gasteiger partial charge in [0.25, 0.3) is 0 Å². The van der Waals surface area contributed by atoms with Crippen LogP contribution in [0.4, 0.5) is 0 Å². The van der Waals surface area contributed by atoms with Crippen LogP contribution >= 0.6 is 0 Å². The molecule has 0 radical (unpaired) electrons. The fraction of sp³-hybridized carbons (Fsp3) is 0.300. The second-order valence-electron chi connectivity index (χ2n) is 5.68. The van der Waals surface area contributed by atoms with Gasteiger partial charge in [0, 0.05) is 17.4 Å². The molecule has 24 heavy (non-hydrogen) atoms. The first kappa shape index (κ1) is 17.7. The summed E-state index contributed by atoms with van der Waals surface area (Å²) >= 11 is 0. The lowest BCUT2D eigenvalue weighted by Crippen LogP contribution is -2.22. The minimum atomic E-state index is -0.347. The van der Waals surface area contributed by atoms with Crippen molar-refractivity contribution in [3.63, 3.8) is 0 Å². The van der Waals surface area contributed by atoms with Gasteiger partial charge in [-0.25, -0.2) is 0 Å². The molecule has 0 aromatic heterocycles. The van der Waals surface area contributed by atoms with E-state index in [4.69, 9.17) is 9.47 Å². The van der Waals surface area contributed by atoms with Gasteiger partial charge >= 0.3 is 5.97 Å². The summed E-state index contributed by atoms with van der Waals surface area (Å²) in [5.74, 6) is -0.199. The molecule has 2 aromatic rings. The van der Waals surface area contributed by atoms with E-state index >= 15 is 0 Å². The summed E-state index contributed by atoms with van der Waals surface area (Å²) in [5, 5.41) is 0. The zero-order valence-electron chi connectivity index (χ0n) is 14.2. The largest absolute Gasteiger partial charge is 0.497 e. The standard InChI is InChI=1S/C20H22O4/c1-14(20(22)16-9-11-17(23-2)12-10-16)18(13-19(21)24-3)15-7-5-4-6-8-15/h4-12,14,18H,13H2,1-3H3. The van der Waals surface area contributed by atoms with Crippen molar-refractivity contribution in [2.24, 2.45) is 5.92 Å². The maximum Gasteiger partial charge on any atom is 0.306 e. The monoisotopic (exact) mass is 326 g/mol. The first-order valence-corrected chi connectivity index (χ1v) is 7.86. The van der Waals surface area contributed by atoms with Crippen LogP contribution in [0.5, 0.6) is 5.75 Å². The quantitative estimate of drug-likeness (QED) is 0.573. The number of esters is 1. The summed E-state index contributed by atoms with van der Waals surface area (Å²) in [7, 11) is 2.95. The summed E-state index contributed by atoms with van der Waals surface area (Å²) in [6.45, 7) is 1.85. The molecular formula is C20H22O4. The molecule has 0 aliphatic rings. The Balaban J connectivity index is 2.26. The molecular weight excluding hydrogens is 304 g/mol. The van der Waals surface area contributed by atoms with Crippen LogP contribution in [0.15, 0.2) is 54.6 Å². The van der Waals surface area contributed by atoms with Crippen molar-refractivity contribution in [3.8, 4) is 5.75 Å². The van der Waals surface area contributed by atoms with E-state index in [1.165, 1.54) is 7.11 Å². The number of hydrogen-bond donors (Lipinski definition) is 0. The van der Waals surface area contributed by atoms with Crippen molar-refractivity contribution < 1.29 is 19.1 Å². The van der Waals surface area contributed by atoms with Crippen LogP contribution in [0, 0.1) is 5.92 Å². The maximum absolute atomic E-state index is 12.8. The topological polar surface area (TPSA) is 52.6 Å². The molecule has 0 saturated carbocycles. The van der Waals surface area contributed by atoms with E-state index in [0.29, 0.717) is 11.3 Å². The fourth-order valence-corrected chi connectivity index (χ4v) is 2.75. The third kappa shape index (κ3) is 4.22.